The third-order valence-electron chi connectivity index (χ3n) is 9.45. The fraction of sp³-hybridized carbons (Fsp3) is 0.697. The molecule has 4 heterocycles. The number of hydrogen-bond donors (Lipinski definition) is 3. The van der Waals surface area contributed by atoms with E-state index in [0.29, 0.717) is 90.6 Å². The van der Waals surface area contributed by atoms with Gasteiger partial charge in [0.05, 0.1) is 25.9 Å². The van der Waals surface area contributed by atoms with E-state index in [9.17, 15) is 19.2 Å². The van der Waals surface area contributed by atoms with Crippen LogP contribution in [0.1, 0.15) is 38.5 Å². The van der Waals surface area contributed by atoms with E-state index in [1.807, 2.05) is 35.2 Å². The van der Waals surface area contributed by atoms with Crippen LogP contribution < -0.4 is 20.7 Å². The molecule has 3 N–H and O–H groups in total. The number of nitrogens with one attached hydrogen (secondary N) is 3. The fourth-order valence-corrected chi connectivity index (χ4v) is 7.03. The number of para-hydroxylation sites is 1. The van der Waals surface area contributed by atoms with E-state index in [4.69, 9.17) is 18.9 Å². The highest BCUT2D eigenvalue weighted by molar-refractivity contribution is 5.83. The van der Waals surface area contributed by atoms with Gasteiger partial charge in [-0.05, 0) is 56.1 Å². The van der Waals surface area contributed by atoms with E-state index in [-0.39, 0.29) is 73.4 Å². The number of fused-ring (bicyclic) bond motifs is 3. The monoisotopic (exact) mass is 643 g/mol. The molecule has 0 spiro atoms. The van der Waals surface area contributed by atoms with Crippen molar-refractivity contribution in [1.82, 2.24) is 25.8 Å². The maximum absolute atomic E-state index is 13.6. The van der Waals surface area contributed by atoms with Gasteiger partial charge in [0.25, 0.3) is 5.91 Å². The Morgan fingerprint density at radius 1 is 0.826 bits per heavy atom. The molecule has 0 unspecified atom stereocenters. The maximum atomic E-state index is 13.6. The number of piperidine rings is 1. The van der Waals surface area contributed by atoms with Crippen molar-refractivity contribution in [3.8, 4) is 5.75 Å². The molecule has 13 heteroatoms. The largest absolute Gasteiger partial charge is 0.484 e. The SMILES string of the molecule is O=C1C[C@@H]2CCN(C(=O)COc3ccccc3)C[C@@H]2CCNC(=O)[C@H]2C[C@H](CN2C2CCOCC2)NC(=O)COCCOCCN1. The molecule has 0 saturated carbocycles. The van der Waals surface area contributed by atoms with Gasteiger partial charge in [-0.3, -0.25) is 24.1 Å². The first-order valence-corrected chi connectivity index (χ1v) is 16.7. The molecule has 4 amide bonds. The van der Waals surface area contributed by atoms with E-state index in [1.54, 1.807) is 0 Å². The summed E-state index contributed by atoms with van der Waals surface area (Å²) in [5.41, 5.74) is 0. The summed E-state index contributed by atoms with van der Waals surface area (Å²) in [5.74, 6) is 0.325. The first-order valence-electron chi connectivity index (χ1n) is 16.7. The number of amides is 4. The highest BCUT2D eigenvalue weighted by atomic mass is 16.5. The van der Waals surface area contributed by atoms with Gasteiger partial charge in [0.2, 0.25) is 17.7 Å². The van der Waals surface area contributed by atoms with Crippen LogP contribution in [0, 0.1) is 11.8 Å². The molecule has 5 rings (SSSR count). The summed E-state index contributed by atoms with van der Waals surface area (Å²) in [6.07, 6.45) is 3.89. The molecule has 254 valence electrons. The number of ether oxygens (including phenoxy) is 4. The first-order chi connectivity index (χ1) is 22.5. The van der Waals surface area contributed by atoms with Crippen molar-refractivity contribution in [1.29, 1.82) is 0 Å². The van der Waals surface area contributed by atoms with Crippen molar-refractivity contribution in [2.45, 2.75) is 56.7 Å². The third kappa shape index (κ3) is 10.1. The molecule has 4 atom stereocenters. The van der Waals surface area contributed by atoms with Gasteiger partial charge in [0, 0.05) is 64.4 Å². The van der Waals surface area contributed by atoms with E-state index < -0.39 is 0 Å². The van der Waals surface area contributed by atoms with Gasteiger partial charge in [-0.1, -0.05) is 18.2 Å². The van der Waals surface area contributed by atoms with Crippen LogP contribution in [0.3, 0.4) is 0 Å². The van der Waals surface area contributed by atoms with Crippen LogP contribution in [0.25, 0.3) is 0 Å². The van der Waals surface area contributed by atoms with Gasteiger partial charge in [0.15, 0.2) is 6.61 Å². The third-order valence-corrected chi connectivity index (χ3v) is 9.45. The second kappa shape index (κ2) is 17.6. The van der Waals surface area contributed by atoms with Crippen LogP contribution >= 0.6 is 0 Å². The normalized spacial score (nSPS) is 28.6. The first kappa shape index (κ1) is 34.1. The quantitative estimate of drug-likeness (QED) is 0.422. The van der Waals surface area contributed by atoms with Gasteiger partial charge >= 0.3 is 0 Å². The zero-order chi connectivity index (χ0) is 32.1. The highest BCUT2D eigenvalue weighted by Crippen LogP contribution is 2.30. The van der Waals surface area contributed by atoms with Crippen LogP contribution in [-0.2, 0) is 33.4 Å². The lowest BCUT2D eigenvalue weighted by Crippen LogP contribution is -2.50. The number of nitrogens with zero attached hydrogens (tertiary/aromatic N) is 2. The van der Waals surface area contributed by atoms with E-state index in [1.165, 1.54) is 0 Å². The molecule has 46 heavy (non-hydrogen) atoms. The lowest BCUT2D eigenvalue weighted by atomic mass is 9.81. The van der Waals surface area contributed by atoms with Crippen LogP contribution in [-0.4, -0.2) is 131 Å². The number of benzene rings is 1. The molecule has 4 aliphatic heterocycles. The molecule has 4 saturated heterocycles. The topological polar surface area (TPSA) is 148 Å². The average molecular weight is 644 g/mol. The minimum atomic E-state index is -0.363. The maximum Gasteiger partial charge on any atom is 0.260 e. The van der Waals surface area contributed by atoms with E-state index >= 15 is 0 Å². The Kier molecular flexibility index (Phi) is 13.0. The summed E-state index contributed by atoms with van der Waals surface area (Å²) < 4.78 is 22.3. The Balaban J connectivity index is 1.23. The van der Waals surface area contributed by atoms with Gasteiger partial charge in [0.1, 0.15) is 12.4 Å². The lowest BCUT2D eigenvalue weighted by molar-refractivity contribution is -0.136. The zero-order valence-corrected chi connectivity index (χ0v) is 26.7. The Morgan fingerprint density at radius 3 is 2.43 bits per heavy atom. The molecule has 1 aromatic rings. The van der Waals surface area contributed by atoms with Crippen molar-refractivity contribution in [3.05, 3.63) is 30.3 Å². The molecule has 1 aromatic carbocycles. The van der Waals surface area contributed by atoms with Gasteiger partial charge in [-0.2, -0.15) is 0 Å². The van der Waals surface area contributed by atoms with Crippen molar-refractivity contribution in [3.63, 3.8) is 0 Å². The van der Waals surface area contributed by atoms with Crippen LogP contribution in [0.5, 0.6) is 5.75 Å². The van der Waals surface area contributed by atoms with E-state index in [0.717, 1.165) is 12.8 Å². The summed E-state index contributed by atoms with van der Waals surface area (Å²) in [4.78, 5) is 56.3. The minimum absolute atomic E-state index is 0.0326. The molecule has 0 aliphatic carbocycles. The van der Waals surface area contributed by atoms with Gasteiger partial charge in [-0.15, -0.1) is 0 Å². The average Bonchev–Trinajstić information content (AvgIpc) is 3.49. The molecule has 2 bridgehead atoms. The summed E-state index contributed by atoms with van der Waals surface area (Å²) in [7, 11) is 0. The Morgan fingerprint density at radius 2 is 1.61 bits per heavy atom. The summed E-state index contributed by atoms with van der Waals surface area (Å²) in [6.45, 7) is 4.56. The molecule has 4 aliphatic rings. The van der Waals surface area contributed by atoms with Crippen LogP contribution in [0.15, 0.2) is 30.3 Å². The number of carbonyl (C=O) groups is 4. The summed E-state index contributed by atoms with van der Waals surface area (Å²) in [6, 6.07) is 8.95. The smallest absolute Gasteiger partial charge is 0.260 e. The highest BCUT2D eigenvalue weighted by Gasteiger charge is 2.41. The van der Waals surface area contributed by atoms with Gasteiger partial charge in [-0.25, -0.2) is 0 Å². The van der Waals surface area contributed by atoms with Crippen molar-refractivity contribution >= 4 is 23.6 Å². The number of hydrogen-bond acceptors (Lipinski definition) is 9. The lowest BCUT2D eigenvalue weighted by Gasteiger charge is -2.39. The Hall–Kier alpha value is -3.26. The van der Waals surface area contributed by atoms with Crippen molar-refractivity contribution < 1.29 is 38.1 Å². The predicted octanol–water partition coefficient (Wildman–Crippen LogP) is 0.328. The molecular weight excluding hydrogens is 594 g/mol. The Bertz CT molecular complexity index is 1150. The molecular formula is C33H49N5O8. The number of rotatable bonds is 4. The van der Waals surface area contributed by atoms with Gasteiger partial charge < -0.3 is 39.8 Å². The summed E-state index contributed by atoms with van der Waals surface area (Å²) >= 11 is 0. The number of carbonyl (C=O) groups excluding carboxylic acids is 4. The standard InChI is InChI=1S/C33H49N5O8/c39-30-18-24-7-12-37(32(41)23-46-28-4-2-1-3-5-28)20-25(24)6-10-35-33(42)29-19-26(21-38(29)27-8-13-43-14-9-27)36-31(40)22-45-17-16-44-15-11-34-30/h1-5,24-27,29H,6-23H2,(H,34,39)(H,35,42)(H,36,40)/t24-,25-,26+,29+/m0/s1. The zero-order valence-electron chi connectivity index (χ0n) is 26.7. The van der Waals surface area contributed by atoms with E-state index in [2.05, 4.69) is 20.9 Å². The fourth-order valence-electron chi connectivity index (χ4n) is 7.03. The Labute approximate surface area is 271 Å². The van der Waals surface area contributed by atoms with Crippen molar-refractivity contribution in [2.75, 3.05) is 79.0 Å². The molecule has 4 fully saturated rings. The molecule has 13 nitrogen and oxygen atoms in total. The predicted molar refractivity (Wildman–Crippen MR) is 168 cm³/mol. The van der Waals surface area contributed by atoms with Crippen molar-refractivity contribution in [2.24, 2.45) is 11.8 Å². The van der Waals surface area contributed by atoms with Crippen LogP contribution in [0.4, 0.5) is 0 Å². The number of likely N-dealkylation sites (tertiary alicyclic amines) is 2. The summed E-state index contributed by atoms with van der Waals surface area (Å²) in [5, 5.41) is 9.15. The molecule has 0 aromatic heterocycles. The minimum Gasteiger partial charge on any atom is -0.484 e. The second-order valence-electron chi connectivity index (χ2n) is 12.6. The second-order valence-corrected chi connectivity index (χ2v) is 12.6. The molecule has 0 radical (unpaired) electrons. The van der Waals surface area contributed by atoms with Crippen LogP contribution in [0.2, 0.25) is 0 Å².